The molecule has 0 saturated heterocycles. The molecule has 1 N–H and O–H groups in total. The molecule has 3 aromatic rings. The van der Waals surface area contributed by atoms with Crippen LogP contribution in [0.3, 0.4) is 0 Å². The number of carbonyl (C=O) groups is 1. The summed E-state index contributed by atoms with van der Waals surface area (Å²) in [5.74, 6) is -0.243. The fourth-order valence-electron chi connectivity index (χ4n) is 2.70. The van der Waals surface area contributed by atoms with Crippen LogP contribution in [-0.2, 0) is 31.9 Å². The number of carbonyl (C=O) groups excluding carboxylic acids is 1. The van der Waals surface area contributed by atoms with Crippen molar-refractivity contribution in [2.75, 3.05) is 6.54 Å². The first-order valence-corrected chi connectivity index (χ1v) is 8.17. The summed E-state index contributed by atoms with van der Waals surface area (Å²) < 4.78 is 3.74. The van der Waals surface area contributed by atoms with Crippen molar-refractivity contribution >= 4 is 17.1 Å². The molecule has 0 aliphatic carbocycles. The van der Waals surface area contributed by atoms with Gasteiger partial charge in [0, 0.05) is 39.0 Å². The van der Waals surface area contributed by atoms with Crippen molar-refractivity contribution < 1.29 is 4.79 Å². The second-order valence-electron chi connectivity index (χ2n) is 6.18. The molecule has 0 spiro atoms. The van der Waals surface area contributed by atoms with Crippen molar-refractivity contribution in [3.63, 3.8) is 0 Å². The summed E-state index contributed by atoms with van der Waals surface area (Å²) in [7, 11) is 2.94. The van der Waals surface area contributed by atoms with Gasteiger partial charge in [-0.2, -0.15) is 0 Å². The fourth-order valence-corrected chi connectivity index (χ4v) is 2.70. The van der Waals surface area contributed by atoms with Gasteiger partial charge in [-0.1, -0.05) is 6.07 Å². The molecule has 0 fully saturated rings. The van der Waals surface area contributed by atoms with Crippen LogP contribution >= 0.6 is 0 Å². The van der Waals surface area contributed by atoms with Gasteiger partial charge in [0.2, 0.25) is 5.91 Å². The van der Waals surface area contributed by atoms with E-state index in [0.29, 0.717) is 13.0 Å². The molecule has 3 rings (SSSR count). The molecule has 0 atom stereocenters. The normalized spacial score (nSPS) is 11.0. The van der Waals surface area contributed by atoms with Crippen molar-refractivity contribution in [1.82, 2.24) is 29.0 Å². The highest BCUT2D eigenvalue weighted by atomic mass is 16.2. The molecule has 3 aromatic heterocycles. The molecule has 9 nitrogen and oxygen atoms in total. The van der Waals surface area contributed by atoms with Crippen LogP contribution in [0.25, 0.3) is 11.2 Å². The Morgan fingerprint density at radius 2 is 1.92 bits per heavy atom. The van der Waals surface area contributed by atoms with Gasteiger partial charge in [0.15, 0.2) is 11.2 Å². The van der Waals surface area contributed by atoms with Gasteiger partial charge < -0.3 is 9.88 Å². The smallest absolute Gasteiger partial charge is 0.332 e. The lowest BCUT2D eigenvalue weighted by Gasteiger charge is -2.08. The van der Waals surface area contributed by atoms with Crippen molar-refractivity contribution in [2.45, 2.75) is 19.9 Å². The van der Waals surface area contributed by atoms with Crippen LogP contribution in [0.2, 0.25) is 0 Å². The maximum Gasteiger partial charge on any atom is 0.332 e. The van der Waals surface area contributed by atoms with Crippen LogP contribution in [0.5, 0.6) is 0 Å². The molecule has 3 heterocycles. The molecule has 0 aliphatic heterocycles. The minimum absolute atomic E-state index is 0.0503. The first-order valence-electron chi connectivity index (χ1n) is 8.17. The summed E-state index contributed by atoms with van der Waals surface area (Å²) in [6.07, 6.45) is 3.80. The van der Waals surface area contributed by atoms with E-state index in [4.69, 9.17) is 0 Å². The number of rotatable bonds is 5. The van der Waals surface area contributed by atoms with E-state index in [1.54, 1.807) is 6.20 Å². The van der Waals surface area contributed by atoms with Crippen molar-refractivity contribution in [3.05, 3.63) is 56.8 Å². The van der Waals surface area contributed by atoms with Crippen LogP contribution < -0.4 is 16.6 Å². The highest BCUT2D eigenvalue weighted by molar-refractivity contribution is 5.78. The molecule has 9 heteroatoms. The average molecular weight is 356 g/mol. The highest BCUT2D eigenvalue weighted by Gasteiger charge is 2.15. The minimum Gasteiger partial charge on any atom is -0.354 e. The van der Waals surface area contributed by atoms with E-state index in [1.807, 2.05) is 19.1 Å². The fraction of sp³-hybridized carbons (Fsp3) is 0.353. The second kappa shape index (κ2) is 6.95. The number of hydrogen-bond acceptors (Lipinski definition) is 5. The maximum atomic E-state index is 12.3. The van der Waals surface area contributed by atoms with Gasteiger partial charge in [0.25, 0.3) is 5.56 Å². The number of hydrogen-bond donors (Lipinski definition) is 1. The largest absolute Gasteiger partial charge is 0.354 e. The van der Waals surface area contributed by atoms with E-state index in [0.717, 1.165) is 15.8 Å². The van der Waals surface area contributed by atoms with Gasteiger partial charge in [-0.05, 0) is 18.6 Å². The number of nitrogens with zero attached hydrogens (tertiary/aromatic N) is 5. The third kappa shape index (κ3) is 3.28. The number of aromatic nitrogens is 5. The Kier molecular flexibility index (Phi) is 4.70. The van der Waals surface area contributed by atoms with E-state index >= 15 is 0 Å². The highest BCUT2D eigenvalue weighted by Crippen LogP contribution is 2.05. The van der Waals surface area contributed by atoms with Crippen LogP contribution in [0.15, 0.2) is 34.2 Å². The number of pyridine rings is 1. The van der Waals surface area contributed by atoms with E-state index in [2.05, 4.69) is 15.3 Å². The molecule has 0 saturated carbocycles. The molecular formula is C17H20N6O3. The van der Waals surface area contributed by atoms with E-state index in [1.165, 1.54) is 29.6 Å². The topological polar surface area (TPSA) is 104 Å². The van der Waals surface area contributed by atoms with Gasteiger partial charge >= 0.3 is 5.69 Å². The molecule has 0 bridgehead atoms. The molecule has 136 valence electrons. The lowest BCUT2D eigenvalue weighted by molar-refractivity contribution is -0.121. The molecule has 0 aliphatic rings. The standard InChI is InChI=1S/C17H20N6O3/c1-11-4-5-12(19-8-11)6-7-18-13(24)9-23-10-20-15-14(23)16(25)22(3)17(26)21(15)2/h4-5,8,10H,6-7,9H2,1-3H3,(H,18,24). The van der Waals surface area contributed by atoms with Crippen LogP contribution in [0, 0.1) is 6.92 Å². The first kappa shape index (κ1) is 17.6. The zero-order chi connectivity index (χ0) is 18.8. The molecule has 0 radical (unpaired) electrons. The number of imidazole rings is 1. The van der Waals surface area contributed by atoms with Crippen molar-refractivity contribution in [3.8, 4) is 0 Å². The van der Waals surface area contributed by atoms with Gasteiger partial charge in [0.05, 0.1) is 6.33 Å². The molecule has 0 aromatic carbocycles. The number of aryl methyl sites for hydroxylation is 2. The summed E-state index contributed by atoms with van der Waals surface area (Å²) in [5, 5.41) is 2.80. The summed E-state index contributed by atoms with van der Waals surface area (Å²) >= 11 is 0. The summed E-state index contributed by atoms with van der Waals surface area (Å²) in [4.78, 5) is 44.8. The Morgan fingerprint density at radius 3 is 2.62 bits per heavy atom. The van der Waals surface area contributed by atoms with E-state index in [-0.39, 0.29) is 23.6 Å². The van der Waals surface area contributed by atoms with Crippen molar-refractivity contribution in [1.29, 1.82) is 0 Å². The molecular weight excluding hydrogens is 336 g/mol. The van der Waals surface area contributed by atoms with Gasteiger partial charge in [-0.15, -0.1) is 0 Å². The zero-order valence-corrected chi connectivity index (χ0v) is 14.9. The Bertz CT molecular complexity index is 1070. The minimum atomic E-state index is -0.475. The SMILES string of the molecule is Cc1ccc(CCNC(=O)Cn2cnc3c2c(=O)n(C)c(=O)n3C)nc1. The summed E-state index contributed by atoms with van der Waals surface area (Å²) in [6.45, 7) is 2.36. The van der Waals surface area contributed by atoms with Crippen LogP contribution in [0.4, 0.5) is 0 Å². The molecule has 1 amide bonds. The Hall–Kier alpha value is -3.23. The van der Waals surface area contributed by atoms with E-state index in [9.17, 15) is 14.4 Å². The van der Waals surface area contributed by atoms with Crippen LogP contribution in [-0.4, -0.2) is 36.1 Å². The Labute approximate surface area is 148 Å². The van der Waals surface area contributed by atoms with Gasteiger partial charge in [0.1, 0.15) is 6.54 Å². The lowest BCUT2D eigenvalue weighted by Crippen LogP contribution is -2.38. The maximum absolute atomic E-state index is 12.3. The first-order chi connectivity index (χ1) is 12.4. The number of nitrogens with one attached hydrogen (secondary N) is 1. The Balaban J connectivity index is 1.71. The average Bonchev–Trinajstić information content (AvgIpc) is 3.03. The predicted octanol–water partition coefficient (Wildman–Crippen LogP) is -0.504. The van der Waals surface area contributed by atoms with Crippen LogP contribution in [0.1, 0.15) is 11.3 Å². The van der Waals surface area contributed by atoms with Crippen molar-refractivity contribution in [2.24, 2.45) is 14.1 Å². The zero-order valence-electron chi connectivity index (χ0n) is 14.9. The number of amides is 1. The second-order valence-corrected chi connectivity index (χ2v) is 6.18. The third-order valence-electron chi connectivity index (χ3n) is 4.21. The summed E-state index contributed by atoms with van der Waals surface area (Å²) in [6, 6.07) is 3.90. The quantitative estimate of drug-likeness (QED) is 0.663. The molecule has 0 unspecified atom stereocenters. The summed E-state index contributed by atoms with van der Waals surface area (Å²) in [5.41, 5.74) is 1.54. The third-order valence-corrected chi connectivity index (χ3v) is 4.21. The number of fused-ring (bicyclic) bond motifs is 1. The monoisotopic (exact) mass is 356 g/mol. The van der Waals surface area contributed by atoms with Gasteiger partial charge in [-0.3, -0.25) is 23.7 Å². The molecule has 26 heavy (non-hydrogen) atoms. The predicted molar refractivity (Wildman–Crippen MR) is 95.9 cm³/mol. The Morgan fingerprint density at radius 1 is 1.15 bits per heavy atom. The van der Waals surface area contributed by atoms with E-state index < -0.39 is 11.2 Å². The van der Waals surface area contributed by atoms with Gasteiger partial charge in [-0.25, -0.2) is 9.78 Å². The lowest BCUT2D eigenvalue weighted by atomic mass is 10.2.